The lowest BCUT2D eigenvalue weighted by Crippen LogP contribution is -2.42. The van der Waals surface area contributed by atoms with Gasteiger partial charge in [-0.2, -0.15) is 0 Å². The summed E-state index contributed by atoms with van der Waals surface area (Å²) in [5, 5.41) is 0. The van der Waals surface area contributed by atoms with Gasteiger partial charge < -0.3 is 19.1 Å². The van der Waals surface area contributed by atoms with Crippen LogP contribution in [0.15, 0.2) is 36.4 Å². The fraction of sp³-hybridized carbons (Fsp3) is 0.409. The molecule has 150 valence electrons. The minimum Gasteiger partial charge on any atom is -0.493 e. The number of nitrogens with zero attached hydrogens (tertiary/aromatic N) is 1. The molecule has 1 aliphatic heterocycles. The van der Waals surface area contributed by atoms with E-state index in [9.17, 15) is 9.18 Å². The molecule has 6 heteroatoms. The molecule has 2 aromatic rings. The Bertz CT molecular complexity index is 822. The summed E-state index contributed by atoms with van der Waals surface area (Å²) >= 11 is 0. The van der Waals surface area contributed by atoms with E-state index in [-0.39, 0.29) is 24.4 Å². The van der Waals surface area contributed by atoms with Crippen LogP contribution < -0.4 is 14.2 Å². The van der Waals surface area contributed by atoms with E-state index in [1.807, 2.05) is 24.0 Å². The average Bonchev–Trinajstić information content (AvgIpc) is 2.72. The van der Waals surface area contributed by atoms with Crippen molar-refractivity contribution in [2.75, 3.05) is 27.4 Å². The van der Waals surface area contributed by atoms with Crippen LogP contribution in [0.5, 0.6) is 17.2 Å². The van der Waals surface area contributed by atoms with Gasteiger partial charge in [-0.3, -0.25) is 4.79 Å². The molecule has 0 fully saturated rings. The molecule has 0 saturated heterocycles. The van der Waals surface area contributed by atoms with Crippen molar-refractivity contribution in [1.29, 1.82) is 0 Å². The minimum atomic E-state index is -0.313. The topological polar surface area (TPSA) is 48.0 Å². The molecule has 28 heavy (non-hydrogen) atoms. The highest BCUT2D eigenvalue weighted by Gasteiger charge is 2.32. The lowest BCUT2D eigenvalue weighted by molar-refractivity contribution is -0.135. The van der Waals surface area contributed by atoms with Crippen LogP contribution in [0.25, 0.3) is 0 Å². The highest BCUT2D eigenvalue weighted by atomic mass is 19.1. The van der Waals surface area contributed by atoms with Gasteiger partial charge in [-0.15, -0.1) is 0 Å². The summed E-state index contributed by atoms with van der Waals surface area (Å²) in [6.07, 6.45) is 2.04. The van der Waals surface area contributed by atoms with E-state index in [0.717, 1.165) is 24.0 Å². The number of rotatable bonds is 7. The number of carbonyl (C=O) groups is 1. The highest BCUT2D eigenvalue weighted by molar-refractivity contribution is 5.77. The second-order valence-electron chi connectivity index (χ2n) is 6.77. The van der Waals surface area contributed by atoms with Gasteiger partial charge in [0.2, 0.25) is 5.91 Å². The van der Waals surface area contributed by atoms with E-state index in [1.54, 1.807) is 26.4 Å². The fourth-order valence-electron chi connectivity index (χ4n) is 3.57. The Morgan fingerprint density at radius 1 is 1.14 bits per heavy atom. The molecule has 0 unspecified atom stereocenters. The summed E-state index contributed by atoms with van der Waals surface area (Å²) in [4.78, 5) is 14.6. The molecule has 5 nitrogen and oxygen atoms in total. The maximum atomic E-state index is 13.2. The zero-order valence-corrected chi connectivity index (χ0v) is 16.5. The maximum Gasteiger partial charge on any atom is 0.223 e. The van der Waals surface area contributed by atoms with E-state index in [4.69, 9.17) is 14.2 Å². The Morgan fingerprint density at radius 2 is 1.82 bits per heavy atom. The van der Waals surface area contributed by atoms with E-state index in [2.05, 4.69) is 0 Å². The first-order chi connectivity index (χ1) is 13.6. The molecule has 3 rings (SSSR count). The summed E-state index contributed by atoms with van der Waals surface area (Å²) < 4.78 is 29.9. The number of ether oxygens (including phenoxy) is 3. The van der Waals surface area contributed by atoms with E-state index in [1.165, 1.54) is 12.1 Å². The predicted octanol–water partition coefficient (Wildman–Crippen LogP) is 4.15. The van der Waals surface area contributed by atoms with Gasteiger partial charge >= 0.3 is 0 Å². The van der Waals surface area contributed by atoms with Crippen molar-refractivity contribution >= 4 is 5.91 Å². The number of methoxy groups -OCH3 is 2. The number of fused-ring (bicyclic) bond motifs is 1. The smallest absolute Gasteiger partial charge is 0.223 e. The highest BCUT2D eigenvalue weighted by Crippen LogP contribution is 2.38. The van der Waals surface area contributed by atoms with Gasteiger partial charge in [0.05, 0.1) is 20.3 Å². The van der Waals surface area contributed by atoms with Crippen LogP contribution in [0.1, 0.15) is 36.9 Å². The lowest BCUT2D eigenvalue weighted by Gasteiger charge is -2.37. The molecular weight excluding hydrogens is 361 g/mol. The summed E-state index contributed by atoms with van der Waals surface area (Å²) in [5.74, 6) is 1.66. The molecule has 0 aliphatic carbocycles. The lowest BCUT2D eigenvalue weighted by atomic mass is 9.91. The fourth-order valence-corrected chi connectivity index (χ4v) is 3.57. The number of halogens is 1. The van der Waals surface area contributed by atoms with Crippen molar-refractivity contribution in [2.24, 2.45) is 0 Å². The number of hydrogen-bond donors (Lipinski definition) is 0. The monoisotopic (exact) mass is 387 g/mol. The van der Waals surface area contributed by atoms with Crippen LogP contribution in [-0.2, 0) is 11.2 Å². The van der Waals surface area contributed by atoms with Crippen molar-refractivity contribution in [1.82, 2.24) is 4.90 Å². The van der Waals surface area contributed by atoms with E-state index >= 15 is 0 Å². The number of amides is 1. The average molecular weight is 387 g/mol. The molecule has 1 atom stereocenters. The third-order valence-electron chi connectivity index (χ3n) is 5.01. The van der Waals surface area contributed by atoms with E-state index in [0.29, 0.717) is 30.2 Å². The van der Waals surface area contributed by atoms with Crippen molar-refractivity contribution in [2.45, 2.75) is 32.2 Å². The minimum absolute atomic E-state index is 0.107. The summed E-state index contributed by atoms with van der Waals surface area (Å²) in [5.41, 5.74) is 2.11. The third kappa shape index (κ3) is 4.21. The molecule has 0 N–H and O–H groups in total. The van der Waals surface area contributed by atoms with Crippen LogP contribution in [0.4, 0.5) is 4.39 Å². The van der Waals surface area contributed by atoms with Gasteiger partial charge in [-0.05, 0) is 60.4 Å². The van der Waals surface area contributed by atoms with Crippen LogP contribution in [0.2, 0.25) is 0 Å². The van der Waals surface area contributed by atoms with Gasteiger partial charge in [0.1, 0.15) is 18.2 Å². The summed E-state index contributed by atoms with van der Waals surface area (Å²) in [6.45, 7) is 2.90. The van der Waals surface area contributed by atoms with Crippen LogP contribution >= 0.6 is 0 Å². The van der Waals surface area contributed by atoms with Gasteiger partial charge in [-0.25, -0.2) is 4.39 Å². The van der Waals surface area contributed by atoms with Crippen molar-refractivity contribution < 1.29 is 23.4 Å². The maximum absolute atomic E-state index is 13.2. The van der Waals surface area contributed by atoms with Crippen molar-refractivity contribution in [3.05, 3.63) is 53.3 Å². The normalized spacial score (nSPS) is 15.7. The predicted molar refractivity (Wildman–Crippen MR) is 105 cm³/mol. The van der Waals surface area contributed by atoms with Gasteiger partial charge in [-0.1, -0.05) is 6.92 Å². The Hall–Kier alpha value is -2.76. The first kappa shape index (κ1) is 20.0. The Morgan fingerprint density at radius 3 is 2.46 bits per heavy atom. The molecule has 0 bridgehead atoms. The van der Waals surface area contributed by atoms with Crippen molar-refractivity contribution in [3.8, 4) is 17.2 Å². The Balaban J connectivity index is 1.92. The molecule has 1 amide bonds. The van der Waals surface area contributed by atoms with Crippen LogP contribution in [-0.4, -0.2) is 38.2 Å². The number of carbonyl (C=O) groups excluding carboxylic acids is 1. The number of benzene rings is 2. The Kier molecular flexibility index (Phi) is 6.39. The van der Waals surface area contributed by atoms with Gasteiger partial charge in [0.15, 0.2) is 11.5 Å². The molecule has 1 heterocycles. The number of hydrogen-bond acceptors (Lipinski definition) is 4. The SMILES string of the molecule is CCCC(=O)N1CCc2cc(OC)c(OC)cc2[C@@H]1COc1ccc(F)cc1. The largest absolute Gasteiger partial charge is 0.493 e. The summed E-state index contributed by atoms with van der Waals surface area (Å²) in [7, 11) is 3.20. The molecule has 0 aromatic heterocycles. The second kappa shape index (κ2) is 8.95. The first-order valence-corrected chi connectivity index (χ1v) is 9.50. The first-order valence-electron chi connectivity index (χ1n) is 9.50. The molecule has 2 aromatic carbocycles. The Labute approximate surface area is 165 Å². The second-order valence-corrected chi connectivity index (χ2v) is 6.77. The van der Waals surface area contributed by atoms with Gasteiger partial charge in [0.25, 0.3) is 0 Å². The quantitative estimate of drug-likeness (QED) is 0.716. The molecule has 0 radical (unpaired) electrons. The van der Waals surface area contributed by atoms with Gasteiger partial charge in [0, 0.05) is 13.0 Å². The van der Waals surface area contributed by atoms with Crippen LogP contribution in [0.3, 0.4) is 0 Å². The summed E-state index contributed by atoms with van der Waals surface area (Å²) in [6, 6.07) is 9.56. The molecule has 1 aliphatic rings. The zero-order chi connectivity index (χ0) is 20.1. The molecular formula is C22H26FNO4. The van der Waals surface area contributed by atoms with Crippen LogP contribution in [0, 0.1) is 5.82 Å². The molecule has 0 saturated carbocycles. The third-order valence-corrected chi connectivity index (χ3v) is 5.01. The molecule has 0 spiro atoms. The van der Waals surface area contributed by atoms with Crippen molar-refractivity contribution in [3.63, 3.8) is 0 Å². The van der Waals surface area contributed by atoms with E-state index < -0.39 is 0 Å². The standard InChI is InChI=1S/C22H26FNO4/c1-4-5-22(25)24-11-10-15-12-20(26-2)21(27-3)13-18(15)19(24)14-28-17-8-6-16(23)7-9-17/h6-9,12-13,19H,4-5,10-11,14H2,1-3H3/t19-/m0/s1. The zero-order valence-electron chi connectivity index (χ0n) is 16.5.